The summed E-state index contributed by atoms with van der Waals surface area (Å²) < 4.78 is 0. The number of allylic oxidation sites excluding steroid dienone is 2. The molecule has 1 fully saturated rings. The van der Waals surface area contributed by atoms with Gasteiger partial charge >= 0.3 is 0 Å². The molecule has 0 aromatic carbocycles. The topological polar surface area (TPSA) is 72.2 Å². The number of nitrogens with two attached hydrogens (primary N) is 1. The molecule has 0 radical (unpaired) electrons. The number of amides is 2. The van der Waals surface area contributed by atoms with Crippen molar-refractivity contribution in [1.82, 2.24) is 5.32 Å². The van der Waals surface area contributed by atoms with Gasteiger partial charge in [-0.3, -0.25) is 9.59 Å². The van der Waals surface area contributed by atoms with Crippen LogP contribution in [-0.4, -0.2) is 18.4 Å². The minimum Gasteiger partial charge on any atom is -0.370 e. The molecule has 2 atom stereocenters. The van der Waals surface area contributed by atoms with Gasteiger partial charge in [-0.2, -0.15) is 0 Å². The lowest BCUT2D eigenvalue weighted by atomic mass is 10.1. The fraction of sp³-hybridized carbons (Fsp3) is 0.714. The van der Waals surface area contributed by atoms with Crippen molar-refractivity contribution in [3.8, 4) is 0 Å². The second-order valence-corrected chi connectivity index (χ2v) is 5.93. The number of carbonyl (C=O) groups excluding carboxylic acids is 2. The van der Waals surface area contributed by atoms with Crippen LogP contribution < -0.4 is 11.1 Å². The first-order chi connectivity index (χ1) is 8.26. The van der Waals surface area contributed by atoms with Crippen molar-refractivity contribution >= 4 is 11.8 Å². The first-order valence-electron chi connectivity index (χ1n) is 6.48. The van der Waals surface area contributed by atoms with Crippen LogP contribution >= 0.6 is 0 Å². The van der Waals surface area contributed by atoms with E-state index in [4.69, 9.17) is 5.73 Å². The van der Waals surface area contributed by atoms with Crippen molar-refractivity contribution in [3.63, 3.8) is 0 Å². The minimum atomic E-state index is -0.321. The molecule has 0 spiro atoms. The van der Waals surface area contributed by atoms with Crippen LogP contribution in [0.25, 0.3) is 0 Å². The van der Waals surface area contributed by atoms with Gasteiger partial charge in [-0.25, -0.2) is 0 Å². The summed E-state index contributed by atoms with van der Waals surface area (Å²) in [4.78, 5) is 22.6. The number of hydrogen-bond acceptors (Lipinski definition) is 2. The molecule has 18 heavy (non-hydrogen) atoms. The molecule has 0 saturated heterocycles. The highest BCUT2D eigenvalue weighted by molar-refractivity contribution is 5.83. The number of nitrogens with one attached hydrogen (secondary N) is 1. The van der Waals surface area contributed by atoms with E-state index < -0.39 is 0 Å². The summed E-state index contributed by atoms with van der Waals surface area (Å²) >= 11 is 0. The lowest BCUT2D eigenvalue weighted by molar-refractivity contribution is -0.123. The van der Waals surface area contributed by atoms with Crippen LogP contribution in [0, 0.1) is 17.3 Å². The Balaban J connectivity index is 2.39. The summed E-state index contributed by atoms with van der Waals surface area (Å²) in [7, 11) is 0. The fourth-order valence-corrected chi connectivity index (χ4v) is 2.43. The molecule has 4 heteroatoms. The molecular formula is C14H24N2O2. The molecule has 0 heterocycles. The Kier molecular flexibility index (Phi) is 4.54. The van der Waals surface area contributed by atoms with E-state index in [1.54, 1.807) is 0 Å². The number of carbonyl (C=O) groups is 2. The largest absolute Gasteiger partial charge is 0.370 e. The van der Waals surface area contributed by atoms with Crippen molar-refractivity contribution in [3.05, 3.63) is 11.6 Å². The van der Waals surface area contributed by atoms with Gasteiger partial charge in [0.1, 0.15) is 0 Å². The van der Waals surface area contributed by atoms with Gasteiger partial charge in [-0.1, -0.05) is 25.5 Å². The summed E-state index contributed by atoms with van der Waals surface area (Å²) in [5.74, 6) is 0.157. The van der Waals surface area contributed by atoms with Gasteiger partial charge in [0.2, 0.25) is 11.8 Å². The van der Waals surface area contributed by atoms with Crippen LogP contribution in [-0.2, 0) is 9.59 Å². The van der Waals surface area contributed by atoms with E-state index in [-0.39, 0.29) is 23.1 Å². The third kappa shape index (κ3) is 3.59. The number of rotatable bonds is 6. The lowest BCUT2D eigenvalue weighted by Gasteiger charge is -2.05. The molecule has 0 unspecified atom stereocenters. The van der Waals surface area contributed by atoms with E-state index in [1.165, 1.54) is 5.57 Å². The summed E-state index contributed by atoms with van der Waals surface area (Å²) in [6.45, 7) is 8.86. The quantitative estimate of drug-likeness (QED) is 0.557. The smallest absolute Gasteiger partial charge is 0.224 e. The molecule has 0 aliphatic heterocycles. The van der Waals surface area contributed by atoms with Crippen LogP contribution in [0.15, 0.2) is 11.6 Å². The predicted molar refractivity (Wildman–Crippen MR) is 71.6 cm³/mol. The number of primary amides is 1. The van der Waals surface area contributed by atoms with Gasteiger partial charge < -0.3 is 11.1 Å². The Morgan fingerprint density at radius 3 is 2.44 bits per heavy atom. The first kappa shape index (κ1) is 14.7. The Bertz CT molecular complexity index is 368. The number of hydrogen-bond donors (Lipinski definition) is 2. The third-order valence-electron chi connectivity index (χ3n) is 3.61. The molecule has 1 saturated carbocycles. The Morgan fingerprint density at radius 2 is 1.94 bits per heavy atom. The van der Waals surface area contributed by atoms with Crippen molar-refractivity contribution in [2.24, 2.45) is 23.0 Å². The Labute approximate surface area is 109 Å². The van der Waals surface area contributed by atoms with Crippen molar-refractivity contribution < 1.29 is 9.59 Å². The molecule has 102 valence electrons. The summed E-state index contributed by atoms with van der Waals surface area (Å²) in [5.41, 5.74) is 6.34. The summed E-state index contributed by atoms with van der Waals surface area (Å²) in [6.07, 6.45) is 3.11. The van der Waals surface area contributed by atoms with Crippen molar-refractivity contribution in [2.45, 2.75) is 40.5 Å². The van der Waals surface area contributed by atoms with Crippen LogP contribution in [0.5, 0.6) is 0 Å². The summed E-state index contributed by atoms with van der Waals surface area (Å²) in [6, 6.07) is 0. The average molecular weight is 252 g/mol. The van der Waals surface area contributed by atoms with E-state index in [0.717, 1.165) is 0 Å². The predicted octanol–water partition coefficient (Wildman–Crippen LogP) is 1.61. The van der Waals surface area contributed by atoms with E-state index in [1.807, 2.05) is 0 Å². The van der Waals surface area contributed by atoms with Gasteiger partial charge in [0, 0.05) is 13.0 Å². The van der Waals surface area contributed by atoms with Gasteiger partial charge in [0.25, 0.3) is 0 Å². The molecule has 0 aromatic rings. The first-order valence-corrected chi connectivity index (χ1v) is 6.48. The van der Waals surface area contributed by atoms with Crippen molar-refractivity contribution in [1.29, 1.82) is 0 Å². The molecule has 1 rings (SSSR count). The molecule has 4 nitrogen and oxygen atoms in total. The second kappa shape index (κ2) is 5.55. The van der Waals surface area contributed by atoms with Gasteiger partial charge in [-0.05, 0) is 31.6 Å². The van der Waals surface area contributed by atoms with Crippen LogP contribution in [0.1, 0.15) is 40.5 Å². The zero-order valence-corrected chi connectivity index (χ0v) is 11.7. The minimum absolute atomic E-state index is 0.0467. The standard InChI is InChI=1S/C14H24N2O2/c1-9(2)8-10-12(14(10,3)4)13(18)16-7-5-6-11(15)17/h8,10,12H,5-7H2,1-4H3,(H2,15,17)(H,16,18)/t10-,12+/m0/s1. The molecule has 1 aliphatic rings. The van der Waals surface area contributed by atoms with E-state index in [0.29, 0.717) is 25.3 Å². The molecule has 3 N–H and O–H groups in total. The average Bonchev–Trinajstić information content (AvgIpc) is 2.74. The van der Waals surface area contributed by atoms with Gasteiger partial charge in [-0.15, -0.1) is 0 Å². The zero-order chi connectivity index (χ0) is 13.9. The van der Waals surface area contributed by atoms with Gasteiger partial charge in [0.05, 0.1) is 5.92 Å². The molecule has 2 amide bonds. The Hall–Kier alpha value is -1.32. The van der Waals surface area contributed by atoms with E-state index in [9.17, 15) is 9.59 Å². The monoisotopic (exact) mass is 252 g/mol. The van der Waals surface area contributed by atoms with E-state index in [2.05, 4.69) is 39.1 Å². The molecule has 1 aliphatic carbocycles. The SMILES string of the molecule is CC(C)=C[C@H]1[C@H](C(=O)NCCCC(N)=O)C1(C)C. The normalized spacial score (nSPS) is 24.2. The zero-order valence-electron chi connectivity index (χ0n) is 11.7. The maximum absolute atomic E-state index is 12.0. The molecule has 0 bridgehead atoms. The third-order valence-corrected chi connectivity index (χ3v) is 3.61. The molecule has 0 aromatic heterocycles. The highest BCUT2D eigenvalue weighted by atomic mass is 16.2. The van der Waals surface area contributed by atoms with Crippen LogP contribution in [0.2, 0.25) is 0 Å². The second-order valence-electron chi connectivity index (χ2n) is 5.93. The van der Waals surface area contributed by atoms with Crippen LogP contribution in [0.4, 0.5) is 0 Å². The van der Waals surface area contributed by atoms with E-state index >= 15 is 0 Å². The highest BCUT2D eigenvalue weighted by Crippen LogP contribution is 2.59. The Morgan fingerprint density at radius 1 is 1.33 bits per heavy atom. The molecular weight excluding hydrogens is 228 g/mol. The summed E-state index contributed by atoms with van der Waals surface area (Å²) in [5, 5.41) is 2.88. The van der Waals surface area contributed by atoms with Crippen molar-refractivity contribution in [2.75, 3.05) is 6.54 Å². The lowest BCUT2D eigenvalue weighted by Crippen LogP contribution is -2.28. The van der Waals surface area contributed by atoms with Gasteiger partial charge in [0.15, 0.2) is 0 Å². The highest BCUT2D eigenvalue weighted by Gasteiger charge is 2.60. The maximum Gasteiger partial charge on any atom is 0.224 e. The maximum atomic E-state index is 12.0. The fourth-order valence-electron chi connectivity index (χ4n) is 2.43. The van der Waals surface area contributed by atoms with Crippen LogP contribution in [0.3, 0.4) is 0 Å².